The standard InChI is InChI=1S/C9H10N2O2/c1-6-2-3-7(11-10-6)9(4-5-9)8(12)13/h2-3H,4-5H2,1H3,(H,12,13). The van der Waals surface area contributed by atoms with Crippen LogP contribution in [0, 0.1) is 6.92 Å². The third-order valence-electron chi connectivity index (χ3n) is 2.45. The number of rotatable bonds is 2. The monoisotopic (exact) mass is 178 g/mol. The Morgan fingerprint density at radius 3 is 2.54 bits per heavy atom. The molecule has 1 aliphatic rings. The molecule has 2 rings (SSSR count). The van der Waals surface area contributed by atoms with Gasteiger partial charge in [-0.05, 0) is 31.9 Å². The molecule has 1 heterocycles. The lowest BCUT2D eigenvalue weighted by Gasteiger charge is -2.07. The van der Waals surface area contributed by atoms with Crippen LogP contribution in [0.1, 0.15) is 24.2 Å². The van der Waals surface area contributed by atoms with Crippen LogP contribution in [0.2, 0.25) is 0 Å². The summed E-state index contributed by atoms with van der Waals surface area (Å²) in [7, 11) is 0. The molecule has 0 radical (unpaired) electrons. The van der Waals surface area contributed by atoms with E-state index in [0.717, 1.165) is 5.69 Å². The Kier molecular flexibility index (Phi) is 1.58. The number of aryl methyl sites for hydroxylation is 1. The summed E-state index contributed by atoms with van der Waals surface area (Å²) in [6, 6.07) is 3.55. The molecule has 68 valence electrons. The normalized spacial score (nSPS) is 18.2. The van der Waals surface area contributed by atoms with Crippen LogP contribution in [0.25, 0.3) is 0 Å². The molecule has 0 amide bonds. The summed E-state index contributed by atoms with van der Waals surface area (Å²) in [5.74, 6) is -0.786. The second-order valence-electron chi connectivity index (χ2n) is 3.45. The Morgan fingerprint density at radius 1 is 1.46 bits per heavy atom. The first kappa shape index (κ1) is 8.16. The average Bonchev–Trinajstić information content (AvgIpc) is 2.86. The van der Waals surface area contributed by atoms with Crippen LogP contribution in [0.15, 0.2) is 12.1 Å². The summed E-state index contributed by atoms with van der Waals surface area (Å²) in [6.45, 7) is 1.83. The fourth-order valence-corrected chi connectivity index (χ4v) is 1.36. The Balaban J connectivity index is 2.36. The van der Waals surface area contributed by atoms with E-state index >= 15 is 0 Å². The average molecular weight is 178 g/mol. The number of carbonyl (C=O) groups is 1. The summed E-state index contributed by atoms with van der Waals surface area (Å²) in [5.41, 5.74) is 0.677. The van der Waals surface area contributed by atoms with Crippen molar-refractivity contribution in [2.75, 3.05) is 0 Å². The molecule has 0 saturated heterocycles. The number of carboxylic acids is 1. The zero-order valence-corrected chi connectivity index (χ0v) is 7.32. The summed E-state index contributed by atoms with van der Waals surface area (Å²) < 4.78 is 0. The van der Waals surface area contributed by atoms with Crippen LogP contribution >= 0.6 is 0 Å². The molecule has 1 aliphatic carbocycles. The van der Waals surface area contributed by atoms with Gasteiger partial charge in [0.1, 0.15) is 5.41 Å². The van der Waals surface area contributed by atoms with Gasteiger partial charge < -0.3 is 5.11 Å². The van der Waals surface area contributed by atoms with E-state index in [9.17, 15) is 4.79 Å². The van der Waals surface area contributed by atoms with Crippen LogP contribution in [-0.2, 0) is 10.2 Å². The van der Waals surface area contributed by atoms with Crippen LogP contribution in [0.5, 0.6) is 0 Å². The van der Waals surface area contributed by atoms with E-state index in [0.29, 0.717) is 18.5 Å². The number of aliphatic carboxylic acids is 1. The van der Waals surface area contributed by atoms with Crippen LogP contribution in [-0.4, -0.2) is 21.3 Å². The third kappa shape index (κ3) is 1.18. The predicted octanol–water partition coefficient (Wildman–Crippen LogP) is 0.901. The van der Waals surface area contributed by atoms with Crippen molar-refractivity contribution < 1.29 is 9.90 Å². The first-order valence-electron chi connectivity index (χ1n) is 4.19. The molecular weight excluding hydrogens is 168 g/mol. The molecule has 0 bridgehead atoms. The molecule has 0 aromatic carbocycles. The van der Waals surface area contributed by atoms with Gasteiger partial charge in [0.25, 0.3) is 0 Å². The first-order chi connectivity index (χ1) is 6.15. The van der Waals surface area contributed by atoms with Crippen molar-refractivity contribution in [2.24, 2.45) is 0 Å². The van der Waals surface area contributed by atoms with Gasteiger partial charge in [-0.3, -0.25) is 4.79 Å². The van der Waals surface area contributed by atoms with Crippen molar-refractivity contribution >= 4 is 5.97 Å². The zero-order chi connectivity index (χ0) is 9.47. The predicted molar refractivity (Wildman–Crippen MR) is 45.3 cm³/mol. The highest BCUT2D eigenvalue weighted by atomic mass is 16.4. The van der Waals surface area contributed by atoms with E-state index in [1.165, 1.54) is 0 Å². The SMILES string of the molecule is Cc1ccc(C2(C(=O)O)CC2)nn1. The minimum absolute atomic E-state index is 0.589. The number of aromatic nitrogens is 2. The quantitative estimate of drug-likeness (QED) is 0.730. The largest absolute Gasteiger partial charge is 0.481 e. The highest BCUT2D eigenvalue weighted by Gasteiger charge is 2.53. The van der Waals surface area contributed by atoms with E-state index in [2.05, 4.69) is 10.2 Å². The summed E-state index contributed by atoms with van der Waals surface area (Å²) >= 11 is 0. The highest BCUT2D eigenvalue weighted by Crippen LogP contribution is 2.47. The van der Waals surface area contributed by atoms with E-state index in [1.807, 2.05) is 6.92 Å². The fourth-order valence-electron chi connectivity index (χ4n) is 1.36. The van der Waals surface area contributed by atoms with E-state index in [1.54, 1.807) is 12.1 Å². The zero-order valence-electron chi connectivity index (χ0n) is 7.32. The van der Waals surface area contributed by atoms with Crippen molar-refractivity contribution in [2.45, 2.75) is 25.2 Å². The molecule has 0 unspecified atom stereocenters. The summed E-state index contributed by atoms with van der Waals surface area (Å²) in [6.07, 6.45) is 1.36. The highest BCUT2D eigenvalue weighted by molar-refractivity contribution is 5.84. The van der Waals surface area contributed by atoms with Crippen LogP contribution in [0.3, 0.4) is 0 Å². The number of carboxylic acid groups (broad SMARTS) is 1. The lowest BCUT2D eigenvalue weighted by Crippen LogP contribution is -2.21. The number of hydrogen-bond donors (Lipinski definition) is 1. The molecule has 1 saturated carbocycles. The molecule has 13 heavy (non-hydrogen) atoms. The Labute approximate surface area is 75.6 Å². The lowest BCUT2D eigenvalue weighted by molar-refractivity contribution is -0.140. The molecule has 0 spiro atoms. The van der Waals surface area contributed by atoms with E-state index < -0.39 is 11.4 Å². The molecule has 0 atom stereocenters. The molecule has 4 heteroatoms. The second kappa shape index (κ2) is 2.52. The van der Waals surface area contributed by atoms with Gasteiger partial charge in [-0.2, -0.15) is 10.2 Å². The smallest absolute Gasteiger partial charge is 0.315 e. The maximum Gasteiger partial charge on any atom is 0.315 e. The van der Waals surface area contributed by atoms with Crippen molar-refractivity contribution in [1.29, 1.82) is 0 Å². The molecule has 0 aliphatic heterocycles. The van der Waals surface area contributed by atoms with Gasteiger partial charge in [0.15, 0.2) is 0 Å². The lowest BCUT2D eigenvalue weighted by atomic mass is 10.0. The van der Waals surface area contributed by atoms with Crippen molar-refractivity contribution in [3.05, 3.63) is 23.5 Å². The maximum absolute atomic E-state index is 10.9. The van der Waals surface area contributed by atoms with Crippen molar-refractivity contribution in [3.8, 4) is 0 Å². The third-order valence-corrected chi connectivity index (χ3v) is 2.45. The van der Waals surface area contributed by atoms with Gasteiger partial charge in [0.05, 0.1) is 11.4 Å². The van der Waals surface area contributed by atoms with Crippen molar-refractivity contribution in [1.82, 2.24) is 10.2 Å². The molecule has 1 aromatic heterocycles. The summed E-state index contributed by atoms with van der Waals surface area (Å²) in [5, 5.41) is 16.7. The molecular formula is C9H10N2O2. The topological polar surface area (TPSA) is 63.1 Å². The number of nitrogens with zero attached hydrogens (tertiary/aromatic N) is 2. The maximum atomic E-state index is 10.9. The van der Waals surface area contributed by atoms with Gasteiger partial charge >= 0.3 is 5.97 Å². The van der Waals surface area contributed by atoms with Crippen molar-refractivity contribution in [3.63, 3.8) is 0 Å². The molecule has 4 nitrogen and oxygen atoms in total. The van der Waals surface area contributed by atoms with Gasteiger partial charge in [0, 0.05) is 0 Å². The Morgan fingerprint density at radius 2 is 2.15 bits per heavy atom. The van der Waals surface area contributed by atoms with E-state index in [4.69, 9.17) is 5.11 Å². The van der Waals surface area contributed by atoms with Gasteiger partial charge in [0.2, 0.25) is 0 Å². The van der Waals surface area contributed by atoms with E-state index in [-0.39, 0.29) is 0 Å². The Hall–Kier alpha value is -1.45. The molecule has 1 fully saturated rings. The molecule has 1 N–H and O–H groups in total. The van der Waals surface area contributed by atoms with Crippen LogP contribution < -0.4 is 0 Å². The first-order valence-corrected chi connectivity index (χ1v) is 4.19. The Bertz CT molecular complexity index is 341. The summed E-state index contributed by atoms with van der Waals surface area (Å²) in [4.78, 5) is 10.9. The second-order valence-corrected chi connectivity index (χ2v) is 3.45. The minimum Gasteiger partial charge on any atom is -0.481 e. The molecule has 1 aromatic rings. The fraction of sp³-hybridized carbons (Fsp3) is 0.444. The number of hydrogen-bond acceptors (Lipinski definition) is 3. The van der Waals surface area contributed by atoms with Gasteiger partial charge in [-0.25, -0.2) is 0 Å². The van der Waals surface area contributed by atoms with Gasteiger partial charge in [-0.15, -0.1) is 0 Å². The minimum atomic E-state index is -0.786. The van der Waals surface area contributed by atoms with Gasteiger partial charge in [-0.1, -0.05) is 0 Å². The van der Waals surface area contributed by atoms with Crippen LogP contribution in [0.4, 0.5) is 0 Å².